The molecule has 0 amide bonds. The van der Waals surface area contributed by atoms with E-state index in [0.717, 1.165) is 12.5 Å². The fraction of sp³-hybridized carbons (Fsp3) is 0.833. The van der Waals surface area contributed by atoms with Crippen molar-refractivity contribution in [3.05, 3.63) is 0 Å². The minimum Gasteiger partial charge on any atom is -0.306 e. The Balaban J connectivity index is 2.10. The maximum Gasteiger partial charge on any atom is 0.0585 e. The first-order valence-corrected chi connectivity index (χ1v) is 3.46. The molecule has 0 unspecified atom stereocenters. The summed E-state index contributed by atoms with van der Waals surface area (Å²) in [7, 11) is 2.11. The van der Waals surface area contributed by atoms with Gasteiger partial charge in [0.15, 0.2) is 0 Å². The van der Waals surface area contributed by atoms with E-state index in [1.807, 2.05) is 0 Å². The lowest BCUT2D eigenvalue weighted by atomic mass is 10.0. The highest BCUT2D eigenvalue weighted by atomic mass is 32.1. The highest BCUT2D eigenvalue weighted by Crippen LogP contribution is 2.11. The van der Waals surface area contributed by atoms with Gasteiger partial charge in [-0.1, -0.05) is 0 Å². The zero-order valence-corrected chi connectivity index (χ0v) is 6.32. The zero-order chi connectivity index (χ0) is 6.69. The fourth-order valence-corrected chi connectivity index (χ4v) is 1.18. The highest BCUT2D eigenvalue weighted by molar-refractivity contribution is 7.78. The van der Waals surface area contributed by atoms with E-state index in [0.29, 0.717) is 0 Å². The van der Waals surface area contributed by atoms with Crippen LogP contribution in [0.5, 0.6) is 0 Å². The smallest absolute Gasteiger partial charge is 0.0585 e. The van der Waals surface area contributed by atoms with E-state index < -0.39 is 0 Å². The molecule has 1 aliphatic heterocycles. The molecule has 0 radical (unpaired) electrons. The second-order valence-electron chi connectivity index (χ2n) is 2.52. The molecule has 0 aromatic carbocycles. The van der Waals surface area contributed by atoms with Gasteiger partial charge in [0.2, 0.25) is 0 Å². The van der Waals surface area contributed by atoms with Gasteiger partial charge < -0.3 is 4.90 Å². The van der Waals surface area contributed by atoms with Crippen molar-refractivity contribution in [1.82, 2.24) is 4.90 Å². The maximum atomic E-state index is 4.44. The molecule has 1 aliphatic rings. The Hall–Kier alpha value is -0.240. The zero-order valence-electron chi connectivity index (χ0n) is 5.50. The number of thiocarbonyl (C=S) groups is 1. The number of isothiocyanates is 1. The topological polar surface area (TPSA) is 15.6 Å². The molecule has 9 heavy (non-hydrogen) atoms. The van der Waals surface area contributed by atoms with Crippen molar-refractivity contribution in [2.75, 3.05) is 26.7 Å². The van der Waals surface area contributed by atoms with Gasteiger partial charge in [-0.25, -0.2) is 4.99 Å². The Morgan fingerprint density at radius 1 is 1.78 bits per heavy atom. The van der Waals surface area contributed by atoms with Crippen LogP contribution in [0.15, 0.2) is 4.99 Å². The predicted octanol–water partition coefficient (Wildman–Crippen LogP) is 0.651. The van der Waals surface area contributed by atoms with Gasteiger partial charge in [0.1, 0.15) is 0 Å². The number of hydrogen-bond acceptors (Lipinski definition) is 3. The van der Waals surface area contributed by atoms with Gasteiger partial charge in [-0.15, -0.1) is 0 Å². The molecule has 1 fully saturated rings. The van der Waals surface area contributed by atoms with Crippen LogP contribution in [0.4, 0.5) is 0 Å². The monoisotopic (exact) mass is 142 g/mol. The second-order valence-corrected chi connectivity index (χ2v) is 2.70. The van der Waals surface area contributed by atoms with Gasteiger partial charge >= 0.3 is 0 Å². The molecule has 0 bridgehead atoms. The van der Waals surface area contributed by atoms with Crippen LogP contribution in [0.25, 0.3) is 0 Å². The van der Waals surface area contributed by atoms with Crippen LogP contribution in [-0.2, 0) is 0 Å². The highest BCUT2D eigenvalue weighted by Gasteiger charge is 2.21. The minimum absolute atomic E-state index is 0.741. The van der Waals surface area contributed by atoms with E-state index in [2.05, 4.69) is 34.3 Å². The summed E-state index contributed by atoms with van der Waals surface area (Å²) in [5, 5.41) is 2.37. The lowest BCUT2D eigenvalue weighted by Crippen LogP contribution is -2.45. The van der Waals surface area contributed by atoms with E-state index in [9.17, 15) is 0 Å². The molecule has 50 valence electrons. The summed E-state index contributed by atoms with van der Waals surface area (Å²) in [5.41, 5.74) is 0. The normalized spacial score (nSPS) is 20.6. The summed E-state index contributed by atoms with van der Waals surface area (Å²) in [6, 6.07) is 0. The van der Waals surface area contributed by atoms with Crippen molar-refractivity contribution >= 4 is 17.4 Å². The number of hydrogen-bond donors (Lipinski definition) is 0. The summed E-state index contributed by atoms with van der Waals surface area (Å²) in [5.74, 6) is 0.741. The van der Waals surface area contributed by atoms with Crippen LogP contribution in [-0.4, -0.2) is 36.7 Å². The quantitative estimate of drug-likeness (QED) is 0.415. The Morgan fingerprint density at radius 3 is 2.89 bits per heavy atom. The van der Waals surface area contributed by atoms with Crippen molar-refractivity contribution in [1.29, 1.82) is 0 Å². The summed E-state index contributed by atoms with van der Waals surface area (Å²) in [4.78, 5) is 6.13. The molecule has 1 heterocycles. The fourth-order valence-electron chi connectivity index (χ4n) is 1.11. The van der Waals surface area contributed by atoms with Crippen LogP contribution in [0, 0.1) is 5.92 Å². The van der Waals surface area contributed by atoms with Crippen molar-refractivity contribution in [2.24, 2.45) is 10.9 Å². The number of rotatable bonds is 2. The summed E-state index contributed by atoms with van der Waals surface area (Å²) >= 11 is 4.44. The first-order valence-electron chi connectivity index (χ1n) is 3.05. The van der Waals surface area contributed by atoms with Crippen LogP contribution in [0.3, 0.4) is 0 Å². The van der Waals surface area contributed by atoms with Crippen LogP contribution in [0.2, 0.25) is 0 Å². The van der Waals surface area contributed by atoms with E-state index >= 15 is 0 Å². The Kier molecular flexibility index (Phi) is 2.34. The van der Waals surface area contributed by atoms with Crippen LogP contribution < -0.4 is 0 Å². The molecule has 0 saturated carbocycles. The van der Waals surface area contributed by atoms with Crippen molar-refractivity contribution < 1.29 is 0 Å². The molecule has 3 heteroatoms. The van der Waals surface area contributed by atoms with Gasteiger partial charge in [-0.2, -0.15) is 0 Å². The standard InChI is InChI=1S/C6H10N2S/c1-8-3-6(4-8)2-7-5-9/h6H,2-4H2,1H3. The Bertz CT molecular complexity index is 134. The summed E-state index contributed by atoms with van der Waals surface area (Å²) in [6.07, 6.45) is 0. The van der Waals surface area contributed by atoms with Crippen LogP contribution >= 0.6 is 12.2 Å². The number of nitrogens with zero attached hydrogens (tertiary/aromatic N) is 2. The lowest BCUT2D eigenvalue weighted by Gasteiger charge is -2.34. The molecule has 2 nitrogen and oxygen atoms in total. The molecular formula is C6H10N2S. The molecule has 0 spiro atoms. The molecular weight excluding hydrogens is 132 g/mol. The van der Waals surface area contributed by atoms with Crippen molar-refractivity contribution in [2.45, 2.75) is 0 Å². The Morgan fingerprint density at radius 2 is 2.44 bits per heavy atom. The largest absolute Gasteiger partial charge is 0.306 e. The molecule has 0 aromatic heterocycles. The minimum atomic E-state index is 0.741. The molecule has 1 saturated heterocycles. The van der Waals surface area contributed by atoms with Gasteiger partial charge in [0.25, 0.3) is 0 Å². The predicted molar refractivity (Wildman–Crippen MR) is 40.9 cm³/mol. The van der Waals surface area contributed by atoms with E-state index in [1.54, 1.807) is 0 Å². The third-order valence-corrected chi connectivity index (χ3v) is 1.68. The van der Waals surface area contributed by atoms with Crippen LogP contribution in [0.1, 0.15) is 0 Å². The number of aliphatic imine (C=N–C) groups is 1. The van der Waals surface area contributed by atoms with Gasteiger partial charge in [0.05, 0.1) is 11.7 Å². The molecule has 0 atom stereocenters. The van der Waals surface area contributed by atoms with Gasteiger partial charge in [-0.05, 0) is 19.3 Å². The maximum absolute atomic E-state index is 4.44. The Labute approximate surface area is 60.6 Å². The third-order valence-electron chi connectivity index (χ3n) is 1.55. The van der Waals surface area contributed by atoms with E-state index in [1.165, 1.54) is 13.1 Å². The summed E-state index contributed by atoms with van der Waals surface area (Å²) < 4.78 is 0. The average molecular weight is 142 g/mol. The second kappa shape index (κ2) is 3.06. The molecule has 0 aromatic rings. The van der Waals surface area contributed by atoms with Gasteiger partial charge in [0, 0.05) is 19.0 Å². The lowest BCUT2D eigenvalue weighted by molar-refractivity contribution is 0.141. The SMILES string of the molecule is CN1CC(CN=C=S)C1. The first kappa shape index (κ1) is 6.87. The first-order chi connectivity index (χ1) is 4.33. The molecule has 0 N–H and O–H groups in total. The average Bonchev–Trinajstić information content (AvgIpc) is 1.78. The van der Waals surface area contributed by atoms with Crippen molar-refractivity contribution in [3.63, 3.8) is 0 Å². The van der Waals surface area contributed by atoms with Gasteiger partial charge in [-0.3, -0.25) is 0 Å². The van der Waals surface area contributed by atoms with E-state index in [-0.39, 0.29) is 0 Å². The third kappa shape index (κ3) is 1.86. The summed E-state index contributed by atoms with van der Waals surface area (Å²) in [6.45, 7) is 3.20. The van der Waals surface area contributed by atoms with Crippen molar-refractivity contribution in [3.8, 4) is 0 Å². The number of likely N-dealkylation sites (tertiary alicyclic amines) is 1. The molecule has 0 aliphatic carbocycles. The molecule has 1 rings (SSSR count). The van der Waals surface area contributed by atoms with E-state index in [4.69, 9.17) is 0 Å².